The van der Waals surface area contributed by atoms with Crippen molar-refractivity contribution in [3.8, 4) is 5.75 Å². The lowest BCUT2D eigenvalue weighted by atomic mass is 10.2. The van der Waals surface area contributed by atoms with Gasteiger partial charge in [0.25, 0.3) is 11.8 Å². The standard InChI is InChI=1S/C28H21N3O5S/c32-26(15-14-22-8-4-16-35-22)36-23-12-10-20(11-13-23)19-29-31-28(34)25(18-24-9-5-17-37-24)30-27(33)21-6-2-1-3-7-21/h1-19H,(H,30,33)(H,31,34)/b15-14+,25-18-,29-19?. The molecule has 0 fully saturated rings. The Morgan fingerprint density at radius 3 is 2.43 bits per heavy atom. The monoisotopic (exact) mass is 511 g/mol. The molecular weight excluding hydrogens is 490 g/mol. The van der Waals surface area contributed by atoms with Crippen molar-refractivity contribution in [1.29, 1.82) is 0 Å². The number of nitrogens with one attached hydrogen (secondary N) is 2. The summed E-state index contributed by atoms with van der Waals surface area (Å²) in [6.07, 6.45) is 7.30. The van der Waals surface area contributed by atoms with Gasteiger partial charge in [0.1, 0.15) is 17.2 Å². The number of thiophene rings is 1. The van der Waals surface area contributed by atoms with Crippen LogP contribution >= 0.6 is 11.3 Å². The number of benzene rings is 2. The molecule has 0 bridgehead atoms. The molecule has 2 heterocycles. The lowest BCUT2D eigenvalue weighted by Gasteiger charge is -2.08. The Labute approximate surface area is 216 Å². The quantitative estimate of drug-likeness (QED) is 0.109. The molecule has 8 nitrogen and oxygen atoms in total. The van der Waals surface area contributed by atoms with Gasteiger partial charge in [-0.2, -0.15) is 5.10 Å². The summed E-state index contributed by atoms with van der Waals surface area (Å²) in [7, 11) is 0. The second-order valence-corrected chi connectivity index (χ2v) is 8.41. The molecule has 4 rings (SSSR count). The van der Waals surface area contributed by atoms with Crippen LogP contribution in [-0.4, -0.2) is 24.0 Å². The molecule has 2 amide bonds. The van der Waals surface area contributed by atoms with Crippen molar-refractivity contribution < 1.29 is 23.5 Å². The van der Waals surface area contributed by atoms with Crippen molar-refractivity contribution in [3.05, 3.63) is 124 Å². The van der Waals surface area contributed by atoms with Crippen molar-refractivity contribution in [3.63, 3.8) is 0 Å². The average molecular weight is 512 g/mol. The molecule has 184 valence electrons. The summed E-state index contributed by atoms with van der Waals surface area (Å²) in [4.78, 5) is 38.1. The van der Waals surface area contributed by atoms with Crippen molar-refractivity contribution >= 4 is 47.5 Å². The normalized spacial score (nSPS) is 11.5. The second kappa shape index (κ2) is 12.6. The van der Waals surface area contributed by atoms with E-state index >= 15 is 0 Å². The van der Waals surface area contributed by atoms with Crippen LogP contribution in [0.3, 0.4) is 0 Å². The van der Waals surface area contributed by atoms with Crippen molar-refractivity contribution in [2.45, 2.75) is 0 Å². The highest BCUT2D eigenvalue weighted by Crippen LogP contribution is 2.14. The highest BCUT2D eigenvalue weighted by Gasteiger charge is 2.14. The number of hydrazone groups is 1. The van der Waals surface area contributed by atoms with Gasteiger partial charge in [-0.1, -0.05) is 24.3 Å². The summed E-state index contributed by atoms with van der Waals surface area (Å²) in [5.74, 6) is -0.652. The first-order chi connectivity index (χ1) is 18.1. The Balaban J connectivity index is 1.35. The fourth-order valence-corrected chi connectivity index (χ4v) is 3.65. The van der Waals surface area contributed by atoms with Gasteiger partial charge in [0.05, 0.1) is 12.5 Å². The van der Waals surface area contributed by atoms with Gasteiger partial charge in [-0.3, -0.25) is 9.59 Å². The van der Waals surface area contributed by atoms with E-state index in [1.807, 2.05) is 17.5 Å². The van der Waals surface area contributed by atoms with Crippen LogP contribution in [0.25, 0.3) is 12.2 Å². The number of ether oxygens (including phenoxy) is 1. The molecule has 2 aromatic carbocycles. The third-order valence-corrected chi connectivity index (χ3v) is 5.58. The fourth-order valence-electron chi connectivity index (χ4n) is 2.99. The van der Waals surface area contributed by atoms with Crippen LogP contribution < -0.4 is 15.5 Å². The number of rotatable bonds is 9. The van der Waals surface area contributed by atoms with Crippen molar-refractivity contribution in [1.82, 2.24) is 10.7 Å². The minimum absolute atomic E-state index is 0.0540. The summed E-state index contributed by atoms with van der Waals surface area (Å²) in [5, 5.41) is 8.50. The lowest BCUT2D eigenvalue weighted by molar-refractivity contribution is -0.128. The summed E-state index contributed by atoms with van der Waals surface area (Å²) in [6, 6.07) is 22.3. The van der Waals surface area contributed by atoms with Crippen LogP contribution in [0.2, 0.25) is 0 Å². The number of furan rings is 1. The Hall–Kier alpha value is -5.02. The van der Waals surface area contributed by atoms with Crippen LogP contribution in [0.5, 0.6) is 5.75 Å². The predicted octanol–water partition coefficient (Wildman–Crippen LogP) is 4.88. The lowest BCUT2D eigenvalue weighted by Crippen LogP contribution is -2.32. The third kappa shape index (κ3) is 7.74. The number of carbonyl (C=O) groups is 3. The van der Waals surface area contributed by atoms with Gasteiger partial charge in [-0.15, -0.1) is 11.3 Å². The third-order valence-electron chi connectivity index (χ3n) is 4.76. The molecular formula is C28H21N3O5S. The number of hydrogen-bond acceptors (Lipinski definition) is 7. The van der Waals surface area contributed by atoms with E-state index in [0.717, 1.165) is 4.88 Å². The topological polar surface area (TPSA) is 110 Å². The zero-order valence-corrected chi connectivity index (χ0v) is 20.2. The molecule has 0 aliphatic rings. The number of esters is 1. The van der Waals surface area contributed by atoms with E-state index in [2.05, 4.69) is 15.8 Å². The number of hydrogen-bond donors (Lipinski definition) is 2. The molecule has 37 heavy (non-hydrogen) atoms. The molecule has 2 N–H and O–H groups in total. The van der Waals surface area contributed by atoms with Gasteiger partial charge < -0.3 is 14.5 Å². The molecule has 9 heteroatoms. The van der Waals surface area contributed by atoms with Gasteiger partial charge in [0.15, 0.2) is 0 Å². The Kier molecular flexibility index (Phi) is 8.55. The van der Waals surface area contributed by atoms with Crippen LogP contribution in [0.15, 0.2) is 112 Å². The maximum absolute atomic E-state index is 12.8. The maximum Gasteiger partial charge on any atom is 0.336 e. The van der Waals surface area contributed by atoms with Crippen LogP contribution in [-0.2, 0) is 9.59 Å². The van der Waals surface area contributed by atoms with E-state index < -0.39 is 17.8 Å². The molecule has 0 saturated carbocycles. The van der Waals surface area contributed by atoms with E-state index in [0.29, 0.717) is 22.6 Å². The summed E-state index contributed by atoms with van der Waals surface area (Å²) < 4.78 is 10.4. The first kappa shape index (κ1) is 25.1. The highest BCUT2D eigenvalue weighted by molar-refractivity contribution is 7.10. The number of nitrogens with zero attached hydrogens (tertiary/aromatic N) is 1. The molecule has 0 aliphatic heterocycles. The number of amides is 2. The maximum atomic E-state index is 12.8. The van der Waals surface area contributed by atoms with Gasteiger partial charge in [-0.05, 0) is 77.7 Å². The van der Waals surface area contributed by atoms with E-state index in [1.165, 1.54) is 36.0 Å². The zero-order valence-electron chi connectivity index (χ0n) is 19.4. The minimum atomic E-state index is -0.581. The zero-order chi connectivity index (χ0) is 25.9. The van der Waals surface area contributed by atoms with Crippen LogP contribution in [0.4, 0.5) is 0 Å². The molecule has 4 aromatic rings. The van der Waals surface area contributed by atoms with Gasteiger partial charge >= 0.3 is 5.97 Å². The van der Waals surface area contributed by atoms with Crippen molar-refractivity contribution in [2.75, 3.05) is 0 Å². The van der Waals surface area contributed by atoms with Crippen LogP contribution in [0, 0.1) is 0 Å². The molecule has 0 spiro atoms. The van der Waals surface area contributed by atoms with Crippen molar-refractivity contribution in [2.24, 2.45) is 5.10 Å². The SMILES string of the molecule is O=C(/C=C/c1ccco1)Oc1ccc(C=NNC(=O)/C(=C/c2cccs2)NC(=O)c2ccccc2)cc1. The van der Waals surface area contributed by atoms with E-state index in [4.69, 9.17) is 9.15 Å². The Bertz CT molecular complexity index is 1420. The summed E-state index contributed by atoms with van der Waals surface area (Å²) in [6.45, 7) is 0. The van der Waals surface area contributed by atoms with Gasteiger partial charge in [-0.25, -0.2) is 10.2 Å². The number of carbonyl (C=O) groups excluding carboxylic acids is 3. The molecule has 0 aliphatic carbocycles. The smallest absolute Gasteiger partial charge is 0.336 e. The molecule has 0 radical (unpaired) electrons. The molecule has 2 aromatic heterocycles. The van der Waals surface area contributed by atoms with Gasteiger partial charge in [0.2, 0.25) is 0 Å². The Morgan fingerprint density at radius 2 is 1.73 bits per heavy atom. The minimum Gasteiger partial charge on any atom is -0.465 e. The predicted molar refractivity (Wildman–Crippen MR) is 142 cm³/mol. The Morgan fingerprint density at radius 1 is 0.919 bits per heavy atom. The summed E-state index contributed by atoms with van der Waals surface area (Å²) >= 11 is 1.43. The average Bonchev–Trinajstić information content (AvgIpc) is 3.63. The first-order valence-electron chi connectivity index (χ1n) is 11.1. The second-order valence-electron chi connectivity index (χ2n) is 7.43. The van der Waals surface area contributed by atoms with Gasteiger partial charge in [0, 0.05) is 16.5 Å². The first-order valence-corrected chi connectivity index (χ1v) is 11.9. The molecule has 0 atom stereocenters. The van der Waals surface area contributed by atoms with E-state index in [-0.39, 0.29) is 5.70 Å². The van der Waals surface area contributed by atoms with E-state index in [1.54, 1.807) is 72.8 Å². The van der Waals surface area contributed by atoms with E-state index in [9.17, 15) is 14.4 Å². The van der Waals surface area contributed by atoms with Crippen LogP contribution in [0.1, 0.15) is 26.6 Å². The summed E-state index contributed by atoms with van der Waals surface area (Å²) in [5.41, 5.74) is 3.56. The molecule has 0 unspecified atom stereocenters. The molecule has 0 saturated heterocycles. The fraction of sp³-hybridized carbons (Fsp3) is 0. The highest BCUT2D eigenvalue weighted by atomic mass is 32.1. The largest absolute Gasteiger partial charge is 0.465 e.